The smallest absolute Gasteiger partial charge is 0.315 e. The Morgan fingerprint density at radius 1 is 1.47 bits per heavy atom. The molecule has 0 fully saturated rings. The van der Waals surface area contributed by atoms with Crippen LogP contribution in [0.15, 0.2) is 0 Å². The van der Waals surface area contributed by atoms with Crippen LogP contribution < -0.4 is 0 Å². The van der Waals surface area contributed by atoms with Crippen molar-refractivity contribution in [3.8, 4) is 0 Å². The lowest BCUT2D eigenvalue weighted by Gasteiger charge is -2.20. The summed E-state index contributed by atoms with van der Waals surface area (Å²) < 4.78 is 28.9. The highest BCUT2D eigenvalue weighted by atomic mass is 79.9. The first kappa shape index (κ1) is 14.4. The topological polar surface area (TPSA) is 46.6 Å². The second kappa shape index (κ2) is 7.70. The molecule has 0 aliphatic heterocycles. The van der Waals surface area contributed by atoms with Gasteiger partial charge in [0.2, 0.25) is 0 Å². The van der Waals surface area contributed by atoms with Crippen LogP contribution in [0.4, 0.5) is 8.78 Å². The first-order valence-electron chi connectivity index (χ1n) is 4.16. The Kier molecular flexibility index (Phi) is 7.41. The van der Waals surface area contributed by atoms with Crippen molar-refractivity contribution in [1.29, 1.82) is 0 Å². The standard InChI is InChI=1S/C8H12BrF2NO3/c1-15-3-2-12(5-6(13)4-9)8(14)7(10)11/h7H,2-5H2,1H3. The fraction of sp³-hybridized carbons (Fsp3) is 0.750. The van der Waals surface area contributed by atoms with Gasteiger partial charge in [-0.25, -0.2) is 0 Å². The molecule has 0 saturated carbocycles. The van der Waals surface area contributed by atoms with Gasteiger partial charge in [-0.3, -0.25) is 9.59 Å². The van der Waals surface area contributed by atoms with Gasteiger partial charge in [0.05, 0.1) is 18.5 Å². The van der Waals surface area contributed by atoms with E-state index in [1.807, 2.05) is 0 Å². The molecule has 0 aromatic heterocycles. The van der Waals surface area contributed by atoms with Crippen molar-refractivity contribution < 1.29 is 23.1 Å². The number of carbonyl (C=O) groups is 2. The van der Waals surface area contributed by atoms with E-state index in [4.69, 9.17) is 0 Å². The zero-order valence-electron chi connectivity index (χ0n) is 8.21. The molecule has 0 heterocycles. The number of rotatable bonds is 7. The van der Waals surface area contributed by atoms with Crippen molar-refractivity contribution >= 4 is 27.6 Å². The van der Waals surface area contributed by atoms with Gasteiger partial charge in [-0.15, -0.1) is 0 Å². The predicted molar refractivity (Wildman–Crippen MR) is 53.3 cm³/mol. The summed E-state index contributed by atoms with van der Waals surface area (Å²) in [6.45, 7) is -0.218. The van der Waals surface area contributed by atoms with Crippen LogP contribution in [0.1, 0.15) is 0 Å². The molecule has 0 radical (unpaired) electrons. The van der Waals surface area contributed by atoms with E-state index in [-0.39, 0.29) is 30.8 Å². The number of methoxy groups -OCH3 is 1. The second-order valence-corrected chi connectivity index (χ2v) is 3.29. The van der Waals surface area contributed by atoms with Crippen LogP contribution in [-0.2, 0) is 14.3 Å². The van der Waals surface area contributed by atoms with E-state index in [1.54, 1.807) is 0 Å². The number of Topliss-reactive ketones (excluding diaryl/α,β-unsaturated/α-hetero) is 1. The summed E-state index contributed by atoms with van der Waals surface area (Å²) in [5, 5.41) is 0.0347. The summed E-state index contributed by atoms with van der Waals surface area (Å²) in [5.41, 5.74) is 0. The third-order valence-corrected chi connectivity index (χ3v) is 2.21. The summed E-state index contributed by atoms with van der Waals surface area (Å²) in [6, 6.07) is 0. The lowest BCUT2D eigenvalue weighted by atomic mass is 10.3. The molecule has 0 rings (SSSR count). The Morgan fingerprint density at radius 2 is 2.07 bits per heavy atom. The molecular formula is C8H12BrF2NO3. The van der Waals surface area contributed by atoms with E-state index in [2.05, 4.69) is 20.7 Å². The van der Waals surface area contributed by atoms with Gasteiger partial charge in [0.15, 0.2) is 5.78 Å². The number of amides is 1. The number of hydrogen-bond acceptors (Lipinski definition) is 3. The summed E-state index contributed by atoms with van der Waals surface area (Å²) in [5.74, 6) is -1.68. The van der Waals surface area contributed by atoms with Gasteiger partial charge >= 0.3 is 6.43 Å². The molecule has 0 aliphatic rings. The quantitative estimate of drug-likeness (QED) is 0.648. The Morgan fingerprint density at radius 3 is 2.47 bits per heavy atom. The van der Waals surface area contributed by atoms with E-state index in [0.29, 0.717) is 0 Å². The molecule has 0 atom stereocenters. The van der Waals surface area contributed by atoms with E-state index in [9.17, 15) is 18.4 Å². The van der Waals surface area contributed by atoms with Crippen molar-refractivity contribution in [2.45, 2.75) is 6.43 Å². The summed E-state index contributed by atoms with van der Waals surface area (Å²) in [7, 11) is 1.39. The van der Waals surface area contributed by atoms with Crippen LogP contribution in [0, 0.1) is 0 Å². The molecule has 88 valence electrons. The lowest BCUT2D eigenvalue weighted by molar-refractivity contribution is -0.145. The molecule has 4 nitrogen and oxygen atoms in total. The average molecular weight is 288 g/mol. The van der Waals surface area contributed by atoms with Gasteiger partial charge in [0, 0.05) is 13.7 Å². The van der Waals surface area contributed by atoms with Gasteiger partial charge < -0.3 is 9.64 Å². The molecule has 15 heavy (non-hydrogen) atoms. The van der Waals surface area contributed by atoms with Gasteiger partial charge in [-0.2, -0.15) is 8.78 Å². The van der Waals surface area contributed by atoms with Crippen molar-refractivity contribution in [3.05, 3.63) is 0 Å². The van der Waals surface area contributed by atoms with E-state index >= 15 is 0 Å². The van der Waals surface area contributed by atoms with E-state index in [0.717, 1.165) is 4.90 Å². The Balaban J connectivity index is 4.29. The lowest BCUT2D eigenvalue weighted by Crippen LogP contribution is -2.41. The number of nitrogens with zero attached hydrogens (tertiary/aromatic N) is 1. The molecule has 0 aliphatic carbocycles. The van der Waals surface area contributed by atoms with Crippen molar-refractivity contribution in [2.24, 2.45) is 0 Å². The molecule has 0 bridgehead atoms. The number of hydrogen-bond donors (Lipinski definition) is 0. The fourth-order valence-corrected chi connectivity index (χ4v) is 1.04. The SMILES string of the molecule is COCCN(CC(=O)CBr)C(=O)C(F)F. The van der Waals surface area contributed by atoms with Crippen LogP contribution in [0.5, 0.6) is 0 Å². The van der Waals surface area contributed by atoms with Crippen LogP contribution in [0.25, 0.3) is 0 Å². The zero-order valence-corrected chi connectivity index (χ0v) is 9.80. The van der Waals surface area contributed by atoms with Crippen LogP contribution in [0.2, 0.25) is 0 Å². The largest absolute Gasteiger partial charge is 0.383 e. The first-order valence-corrected chi connectivity index (χ1v) is 5.28. The highest BCUT2D eigenvalue weighted by molar-refractivity contribution is 9.09. The van der Waals surface area contributed by atoms with Crippen molar-refractivity contribution in [3.63, 3.8) is 0 Å². The summed E-state index contributed by atoms with van der Waals surface area (Å²) >= 11 is 2.89. The minimum atomic E-state index is -3.09. The molecule has 0 unspecified atom stereocenters. The zero-order chi connectivity index (χ0) is 11.8. The number of carbonyl (C=O) groups excluding carboxylic acids is 2. The van der Waals surface area contributed by atoms with E-state index in [1.165, 1.54) is 7.11 Å². The van der Waals surface area contributed by atoms with Gasteiger partial charge in [-0.05, 0) is 0 Å². The van der Waals surface area contributed by atoms with E-state index < -0.39 is 12.3 Å². The number of ketones is 1. The van der Waals surface area contributed by atoms with Crippen molar-refractivity contribution in [1.82, 2.24) is 4.90 Å². The molecule has 0 aromatic carbocycles. The summed E-state index contributed by atoms with van der Waals surface area (Å²) in [6.07, 6.45) is -3.09. The Hall–Kier alpha value is -0.560. The second-order valence-electron chi connectivity index (χ2n) is 2.73. The molecule has 1 amide bonds. The molecule has 0 N–H and O–H groups in total. The van der Waals surface area contributed by atoms with Crippen LogP contribution in [0.3, 0.4) is 0 Å². The summed E-state index contributed by atoms with van der Waals surface area (Å²) in [4.78, 5) is 22.7. The maximum absolute atomic E-state index is 12.1. The minimum absolute atomic E-state index is 0.0155. The number of alkyl halides is 3. The van der Waals surface area contributed by atoms with Crippen molar-refractivity contribution in [2.75, 3.05) is 32.1 Å². The number of ether oxygens (including phenoxy) is 1. The van der Waals surface area contributed by atoms with Gasteiger partial charge in [0.25, 0.3) is 5.91 Å². The monoisotopic (exact) mass is 287 g/mol. The highest BCUT2D eigenvalue weighted by Crippen LogP contribution is 2.01. The molecule has 0 saturated heterocycles. The van der Waals surface area contributed by atoms with Crippen LogP contribution in [-0.4, -0.2) is 55.2 Å². The highest BCUT2D eigenvalue weighted by Gasteiger charge is 2.24. The molecule has 7 heteroatoms. The maximum atomic E-state index is 12.1. The molecular weight excluding hydrogens is 276 g/mol. The normalized spacial score (nSPS) is 10.5. The van der Waals surface area contributed by atoms with Crippen LogP contribution >= 0.6 is 15.9 Å². The fourth-order valence-electron chi connectivity index (χ4n) is 0.862. The molecule has 0 aromatic rings. The predicted octanol–water partition coefficient (Wildman–Crippen LogP) is 0.691. The Labute approximate surface area is 94.7 Å². The van der Waals surface area contributed by atoms with Gasteiger partial charge in [0.1, 0.15) is 0 Å². The third kappa shape index (κ3) is 5.78. The maximum Gasteiger partial charge on any atom is 0.315 e. The minimum Gasteiger partial charge on any atom is -0.383 e. The average Bonchev–Trinajstić information content (AvgIpc) is 2.22. The Bertz CT molecular complexity index is 226. The number of halogens is 3. The third-order valence-electron chi connectivity index (χ3n) is 1.58. The van der Waals surface area contributed by atoms with Gasteiger partial charge in [-0.1, -0.05) is 15.9 Å². The molecule has 0 spiro atoms. The first-order chi connectivity index (χ1) is 7.02.